The molecule has 0 fully saturated rings. The molecule has 92 valence electrons. The zero-order valence-electron chi connectivity index (χ0n) is 10.6. The van der Waals surface area contributed by atoms with Crippen molar-refractivity contribution in [2.24, 2.45) is 13.0 Å². The third-order valence-electron chi connectivity index (χ3n) is 3.56. The van der Waals surface area contributed by atoms with Gasteiger partial charge in [-0.05, 0) is 43.2 Å². The number of carbonyl (C=O) groups excluding carboxylic acids is 1. The lowest BCUT2D eigenvalue weighted by Gasteiger charge is -2.17. The Balaban J connectivity index is 1.88. The predicted molar refractivity (Wildman–Crippen MR) is 67.6 cm³/mol. The molecule has 1 aliphatic rings. The maximum atomic E-state index is 12.0. The minimum atomic E-state index is 0.318. The van der Waals surface area contributed by atoms with E-state index in [0.717, 1.165) is 42.9 Å². The van der Waals surface area contributed by atoms with Gasteiger partial charge in [-0.2, -0.15) is 5.10 Å². The summed E-state index contributed by atoms with van der Waals surface area (Å²) in [7, 11) is 1.92. The van der Waals surface area contributed by atoms with E-state index in [1.807, 2.05) is 17.8 Å². The van der Waals surface area contributed by atoms with Crippen molar-refractivity contribution < 1.29 is 4.79 Å². The van der Waals surface area contributed by atoms with Crippen molar-refractivity contribution in [3.63, 3.8) is 0 Å². The van der Waals surface area contributed by atoms with Gasteiger partial charge in [-0.1, -0.05) is 13.0 Å². The molecular weight excluding hydrogens is 212 g/mol. The monoisotopic (exact) mass is 232 g/mol. The first-order valence-electron chi connectivity index (χ1n) is 6.36. The van der Waals surface area contributed by atoms with Gasteiger partial charge in [0.1, 0.15) is 0 Å². The SMILES string of the molecule is CC1CC=C(C(=O)CCc2ccnn2C)CC1. The van der Waals surface area contributed by atoms with Crippen LogP contribution < -0.4 is 0 Å². The molecule has 0 bridgehead atoms. The fourth-order valence-electron chi connectivity index (χ4n) is 2.27. The van der Waals surface area contributed by atoms with Crippen molar-refractivity contribution >= 4 is 5.78 Å². The molecule has 0 spiro atoms. The van der Waals surface area contributed by atoms with Gasteiger partial charge >= 0.3 is 0 Å². The number of rotatable bonds is 4. The van der Waals surface area contributed by atoms with Crippen LogP contribution in [-0.2, 0) is 18.3 Å². The molecule has 0 aromatic carbocycles. The molecule has 1 aromatic heterocycles. The number of carbonyl (C=O) groups is 1. The molecule has 2 rings (SSSR count). The Labute approximate surface area is 103 Å². The van der Waals surface area contributed by atoms with Gasteiger partial charge in [0, 0.05) is 25.4 Å². The minimum absolute atomic E-state index is 0.318. The molecule has 0 aliphatic heterocycles. The summed E-state index contributed by atoms with van der Waals surface area (Å²) in [4.78, 5) is 12.0. The highest BCUT2D eigenvalue weighted by atomic mass is 16.1. The molecule has 3 nitrogen and oxygen atoms in total. The molecule has 1 atom stereocenters. The van der Waals surface area contributed by atoms with E-state index >= 15 is 0 Å². The Hall–Kier alpha value is -1.38. The van der Waals surface area contributed by atoms with Crippen LogP contribution in [0.2, 0.25) is 0 Å². The highest BCUT2D eigenvalue weighted by Crippen LogP contribution is 2.24. The van der Waals surface area contributed by atoms with Crippen molar-refractivity contribution in [2.45, 2.75) is 39.0 Å². The number of hydrogen-bond acceptors (Lipinski definition) is 2. The van der Waals surface area contributed by atoms with Gasteiger partial charge in [0.15, 0.2) is 5.78 Å². The molecule has 0 radical (unpaired) electrons. The fraction of sp³-hybridized carbons (Fsp3) is 0.571. The van der Waals surface area contributed by atoms with E-state index in [9.17, 15) is 4.79 Å². The fourth-order valence-corrected chi connectivity index (χ4v) is 2.27. The van der Waals surface area contributed by atoms with E-state index in [1.165, 1.54) is 0 Å². The average molecular weight is 232 g/mol. The van der Waals surface area contributed by atoms with Crippen LogP contribution in [0.15, 0.2) is 23.9 Å². The summed E-state index contributed by atoms with van der Waals surface area (Å²) in [6, 6.07) is 1.98. The van der Waals surface area contributed by atoms with Gasteiger partial charge in [0.25, 0.3) is 0 Å². The maximum Gasteiger partial charge on any atom is 0.158 e. The molecule has 17 heavy (non-hydrogen) atoms. The number of aromatic nitrogens is 2. The highest BCUT2D eigenvalue weighted by molar-refractivity contribution is 5.95. The Morgan fingerprint density at radius 2 is 2.41 bits per heavy atom. The normalized spacial score (nSPS) is 20.1. The standard InChI is InChI=1S/C14H20N2O/c1-11-3-5-12(6-4-11)14(17)8-7-13-9-10-15-16(13)2/h5,9-11H,3-4,6-8H2,1-2H3. The quantitative estimate of drug-likeness (QED) is 0.800. The van der Waals surface area contributed by atoms with E-state index < -0.39 is 0 Å². The van der Waals surface area contributed by atoms with Crippen LogP contribution in [0.3, 0.4) is 0 Å². The summed E-state index contributed by atoms with van der Waals surface area (Å²) in [6.45, 7) is 2.24. The third-order valence-corrected chi connectivity index (χ3v) is 3.56. The number of hydrogen-bond donors (Lipinski definition) is 0. The van der Waals surface area contributed by atoms with Gasteiger partial charge in [-0.3, -0.25) is 9.48 Å². The summed E-state index contributed by atoms with van der Waals surface area (Å²) in [5.74, 6) is 1.06. The molecule has 0 saturated carbocycles. The average Bonchev–Trinajstić information content (AvgIpc) is 2.73. The van der Waals surface area contributed by atoms with E-state index in [-0.39, 0.29) is 0 Å². The predicted octanol–water partition coefficient (Wildman–Crippen LogP) is 2.67. The first kappa shape index (κ1) is 12.1. The number of allylic oxidation sites excluding steroid dienone is 2. The van der Waals surface area contributed by atoms with Crippen LogP contribution in [0.1, 0.15) is 38.3 Å². The molecule has 0 saturated heterocycles. The number of aryl methyl sites for hydroxylation is 2. The van der Waals surface area contributed by atoms with E-state index in [1.54, 1.807) is 6.20 Å². The van der Waals surface area contributed by atoms with Crippen molar-refractivity contribution in [3.8, 4) is 0 Å². The molecule has 3 heteroatoms. The third kappa shape index (κ3) is 3.05. The zero-order chi connectivity index (χ0) is 12.3. The highest BCUT2D eigenvalue weighted by Gasteiger charge is 2.16. The van der Waals surface area contributed by atoms with Crippen molar-refractivity contribution in [1.82, 2.24) is 9.78 Å². The lowest BCUT2D eigenvalue weighted by Crippen LogP contribution is -2.11. The molecule has 1 heterocycles. The molecule has 1 aromatic rings. The van der Waals surface area contributed by atoms with Gasteiger partial charge in [0.2, 0.25) is 0 Å². The maximum absolute atomic E-state index is 12.0. The van der Waals surface area contributed by atoms with Crippen molar-refractivity contribution in [2.75, 3.05) is 0 Å². The van der Waals surface area contributed by atoms with Crippen LogP contribution in [0.25, 0.3) is 0 Å². The van der Waals surface area contributed by atoms with Crippen LogP contribution in [0.4, 0.5) is 0 Å². The molecule has 0 amide bonds. The Morgan fingerprint density at radius 1 is 1.59 bits per heavy atom. The molecule has 1 unspecified atom stereocenters. The summed E-state index contributed by atoms with van der Waals surface area (Å²) in [5.41, 5.74) is 2.17. The molecule has 1 aliphatic carbocycles. The van der Waals surface area contributed by atoms with E-state index in [2.05, 4.69) is 18.1 Å². The summed E-state index contributed by atoms with van der Waals surface area (Å²) < 4.78 is 1.84. The summed E-state index contributed by atoms with van der Waals surface area (Å²) >= 11 is 0. The smallest absolute Gasteiger partial charge is 0.158 e. The van der Waals surface area contributed by atoms with E-state index in [0.29, 0.717) is 12.2 Å². The van der Waals surface area contributed by atoms with Crippen molar-refractivity contribution in [1.29, 1.82) is 0 Å². The first-order chi connectivity index (χ1) is 8.16. The number of Topliss-reactive ketones (excluding diaryl/α,β-unsaturated/α-hetero) is 1. The second kappa shape index (κ2) is 5.30. The number of nitrogens with zero attached hydrogens (tertiary/aromatic N) is 2. The Bertz CT molecular complexity index is 431. The van der Waals surface area contributed by atoms with Crippen LogP contribution >= 0.6 is 0 Å². The summed E-state index contributed by atoms with van der Waals surface area (Å²) in [5, 5.41) is 4.11. The lowest BCUT2D eigenvalue weighted by atomic mass is 9.88. The molecule has 0 N–H and O–H groups in total. The first-order valence-corrected chi connectivity index (χ1v) is 6.36. The van der Waals surface area contributed by atoms with Gasteiger partial charge in [-0.25, -0.2) is 0 Å². The number of ketones is 1. The van der Waals surface area contributed by atoms with Gasteiger partial charge < -0.3 is 0 Å². The molecular formula is C14H20N2O. The lowest BCUT2D eigenvalue weighted by molar-refractivity contribution is -0.115. The van der Waals surface area contributed by atoms with Crippen LogP contribution in [0.5, 0.6) is 0 Å². The largest absolute Gasteiger partial charge is 0.295 e. The van der Waals surface area contributed by atoms with Crippen LogP contribution in [-0.4, -0.2) is 15.6 Å². The topological polar surface area (TPSA) is 34.9 Å². The Morgan fingerprint density at radius 3 is 3.00 bits per heavy atom. The van der Waals surface area contributed by atoms with Gasteiger partial charge in [-0.15, -0.1) is 0 Å². The zero-order valence-corrected chi connectivity index (χ0v) is 10.6. The van der Waals surface area contributed by atoms with Crippen molar-refractivity contribution in [3.05, 3.63) is 29.6 Å². The second-order valence-electron chi connectivity index (χ2n) is 4.98. The second-order valence-corrected chi connectivity index (χ2v) is 4.98. The minimum Gasteiger partial charge on any atom is -0.295 e. The van der Waals surface area contributed by atoms with Crippen LogP contribution in [0, 0.1) is 5.92 Å². The Kier molecular flexibility index (Phi) is 3.77. The van der Waals surface area contributed by atoms with E-state index in [4.69, 9.17) is 0 Å². The summed E-state index contributed by atoms with van der Waals surface area (Å²) in [6.07, 6.45) is 8.50. The van der Waals surface area contributed by atoms with Gasteiger partial charge in [0.05, 0.1) is 0 Å².